The zero-order valence-electron chi connectivity index (χ0n) is 21.2. The number of ether oxygens (including phenoxy) is 4. The van der Waals surface area contributed by atoms with Crippen LogP contribution in [0.3, 0.4) is 0 Å². The molecule has 0 amide bonds. The van der Waals surface area contributed by atoms with Crippen LogP contribution in [-0.2, 0) is 9.53 Å². The van der Waals surface area contributed by atoms with Gasteiger partial charge in [0, 0.05) is 10.0 Å². The van der Waals surface area contributed by atoms with Gasteiger partial charge in [0.25, 0.3) is 5.56 Å². The number of benzene rings is 2. The van der Waals surface area contributed by atoms with Gasteiger partial charge in [-0.05, 0) is 50.6 Å². The van der Waals surface area contributed by atoms with E-state index >= 15 is 0 Å². The minimum Gasteiger partial charge on any atom is -0.496 e. The van der Waals surface area contributed by atoms with E-state index in [2.05, 4.69) is 20.9 Å². The van der Waals surface area contributed by atoms with Gasteiger partial charge in [0.05, 0.1) is 43.2 Å². The zero-order valence-corrected chi connectivity index (χ0v) is 23.6. The van der Waals surface area contributed by atoms with Crippen LogP contribution in [-0.4, -0.2) is 38.0 Å². The highest BCUT2D eigenvalue weighted by Crippen LogP contribution is 2.36. The second kappa shape index (κ2) is 11.4. The standard InChI is InChI=1S/C27H27BrN2O6S/c1-6-35-21-14-18(28)16(12-20(21)34-5)13-22-25(31)30-24(17-10-8-9-11-19(17)33-4)23(26(32)36-7-2)15(3)29-27(30)37-22/h8-14,24H,6-7H2,1-5H3/b22-13+. The molecule has 194 valence electrons. The van der Waals surface area contributed by atoms with Crippen LogP contribution < -0.4 is 29.1 Å². The smallest absolute Gasteiger partial charge is 0.338 e. The molecule has 0 bridgehead atoms. The number of carbonyl (C=O) groups excluding carboxylic acids is 1. The SMILES string of the molecule is CCOC(=O)C1=C(C)N=c2s/c(=C/c3cc(OC)c(OCC)cc3Br)c(=O)n2C1c1ccccc1OC. The van der Waals surface area contributed by atoms with E-state index in [1.165, 1.54) is 15.9 Å². The van der Waals surface area contributed by atoms with Crippen molar-refractivity contribution < 1.29 is 23.7 Å². The van der Waals surface area contributed by atoms with Gasteiger partial charge in [-0.25, -0.2) is 9.79 Å². The van der Waals surface area contributed by atoms with Gasteiger partial charge in [0.1, 0.15) is 11.8 Å². The fourth-order valence-corrected chi connectivity index (χ4v) is 5.68. The van der Waals surface area contributed by atoms with Crippen LogP contribution in [0.4, 0.5) is 0 Å². The number of allylic oxidation sites excluding steroid dienone is 1. The Morgan fingerprint density at radius 3 is 2.51 bits per heavy atom. The molecule has 1 aliphatic rings. The Hall–Kier alpha value is -3.37. The number of hydrogen-bond acceptors (Lipinski definition) is 8. The molecule has 1 atom stereocenters. The molecule has 1 unspecified atom stereocenters. The van der Waals surface area contributed by atoms with Crippen molar-refractivity contribution in [3.05, 3.63) is 83.0 Å². The average Bonchev–Trinajstić information content (AvgIpc) is 3.19. The van der Waals surface area contributed by atoms with Crippen LogP contribution in [0.15, 0.2) is 61.9 Å². The summed E-state index contributed by atoms with van der Waals surface area (Å²) >= 11 is 4.82. The Balaban J connectivity index is 1.96. The number of aromatic nitrogens is 1. The number of para-hydroxylation sites is 1. The van der Waals surface area contributed by atoms with Gasteiger partial charge in [-0.15, -0.1) is 0 Å². The molecule has 2 aromatic carbocycles. The Morgan fingerprint density at radius 2 is 1.84 bits per heavy atom. The van der Waals surface area contributed by atoms with Gasteiger partial charge in [-0.1, -0.05) is 45.5 Å². The number of nitrogens with zero attached hydrogens (tertiary/aromatic N) is 2. The molecule has 4 rings (SSSR count). The van der Waals surface area contributed by atoms with Gasteiger partial charge in [-0.2, -0.15) is 0 Å². The van der Waals surface area contributed by atoms with E-state index in [0.29, 0.717) is 50.0 Å². The lowest BCUT2D eigenvalue weighted by atomic mass is 9.95. The number of thiazole rings is 1. The molecule has 0 fully saturated rings. The quantitative estimate of drug-likeness (QED) is 0.371. The maximum atomic E-state index is 13.9. The zero-order chi connectivity index (χ0) is 26.7. The van der Waals surface area contributed by atoms with E-state index in [0.717, 1.165) is 10.0 Å². The number of hydrogen-bond donors (Lipinski definition) is 0. The molecule has 8 nitrogen and oxygen atoms in total. The third-order valence-corrected chi connectivity index (χ3v) is 7.49. The van der Waals surface area contributed by atoms with Crippen molar-refractivity contribution in [1.82, 2.24) is 4.57 Å². The Labute approximate surface area is 226 Å². The predicted molar refractivity (Wildman–Crippen MR) is 145 cm³/mol. The van der Waals surface area contributed by atoms with Gasteiger partial charge in [-0.3, -0.25) is 9.36 Å². The number of rotatable bonds is 8. The van der Waals surface area contributed by atoms with Crippen molar-refractivity contribution >= 4 is 39.3 Å². The summed E-state index contributed by atoms with van der Waals surface area (Å²) in [5.41, 5.74) is 1.91. The van der Waals surface area contributed by atoms with Crippen LogP contribution in [0.5, 0.6) is 17.2 Å². The molecule has 0 N–H and O–H groups in total. The molecule has 1 aromatic heterocycles. The number of fused-ring (bicyclic) bond motifs is 1. The van der Waals surface area contributed by atoms with Crippen molar-refractivity contribution in [2.24, 2.45) is 4.99 Å². The van der Waals surface area contributed by atoms with Crippen LogP contribution in [0, 0.1) is 0 Å². The van der Waals surface area contributed by atoms with E-state index < -0.39 is 12.0 Å². The van der Waals surface area contributed by atoms with E-state index in [1.807, 2.05) is 31.2 Å². The van der Waals surface area contributed by atoms with E-state index in [-0.39, 0.29) is 12.2 Å². The summed E-state index contributed by atoms with van der Waals surface area (Å²) in [4.78, 5) is 32.0. The van der Waals surface area contributed by atoms with Crippen LogP contribution in [0.2, 0.25) is 0 Å². The minimum atomic E-state index is -0.757. The molecule has 37 heavy (non-hydrogen) atoms. The summed E-state index contributed by atoms with van der Waals surface area (Å²) in [6.45, 7) is 6.08. The van der Waals surface area contributed by atoms with Crippen LogP contribution in [0.1, 0.15) is 37.9 Å². The number of carbonyl (C=O) groups is 1. The summed E-state index contributed by atoms with van der Waals surface area (Å²) in [6.07, 6.45) is 1.77. The van der Waals surface area contributed by atoms with Crippen LogP contribution in [0.25, 0.3) is 6.08 Å². The fraction of sp³-hybridized carbons (Fsp3) is 0.296. The maximum Gasteiger partial charge on any atom is 0.338 e. The largest absolute Gasteiger partial charge is 0.496 e. The maximum absolute atomic E-state index is 13.9. The Bertz CT molecular complexity index is 1560. The monoisotopic (exact) mass is 586 g/mol. The first-order chi connectivity index (χ1) is 17.8. The van der Waals surface area contributed by atoms with E-state index in [1.54, 1.807) is 46.3 Å². The molecule has 0 radical (unpaired) electrons. The van der Waals surface area contributed by atoms with Crippen molar-refractivity contribution in [1.29, 1.82) is 0 Å². The molecule has 1 aliphatic heterocycles. The molecule has 0 aliphatic carbocycles. The predicted octanol–water partition coefficient (Wildman–Crippen LogP) is 3.98. The highest BCUT2D eigenvalue weighted by atomic mass is 79.9. The van der Waals surface area contributed by atoms with Crippen molar-refractivity contribution in [2.75, 3.05) is 27.4 Å². The molecule has 3 aromatic rings. The first-order valence-corrected chi connectivity index (χ1v) is 13.3. The molecular weight excluding hydrogens is 560 g/mol. The second-order valence-corrected chi connectivity index (χ2v) is 9.87. The molecule has 0 spiro atoms. The van der Waals surface area contributed by atoms with Crippen LogP contribution >= 0.6 is 27.3 Å². The third-order valence-electron chi connectivity index (χ3n) is 5.82. The highest BCUT2D eigenvalue weighted by Gasteiger charge is 2.35. The number of esters is 1. The molecule has 0 saturated carbocycles. The molecular formula is C27H27BrN2O6S. The third kappa shape index (κ3) is 5.08. The molecule has 0 saturated heterocycles. The Morgan fingerprint density at radius 1 is 1.11 bits per heavy atom. The normalized spacial score (nSPS) is 15.2. The minimum absolute atomic E-state index is 0.201. The number of halogens is 1. The van der Waals surface area contributed by atoms with Gasteiger partial charge in [0.15, 0.2) is 16.3 Å². The van der Waals surface area contributed by atoms with Gasteiger partial charge < -0.3 is 18.9 Å². The summed E-state index contributed by atoms with van der Waals surface area (Å²) in [5.74, 6) is 1.18. The number of methoxy groups -OCH3 is 2. The lowest BCUT2D eigenvalue weighted by molar-refractivity contribution is -0.139. The summed E-state index contributed by atoms with van der Waals surface area (Å²) in [6, 6.07) is 10.2. The van der Waals surface area contributed by atoms with E-state index in [4.69, 9.17) is 18.9 Å². The van der Waals surface area contributed by atoms with Gasteiger partial charge in [0.2, 0.25) is 0 Å². The Kier molecular flexibility index (Phi) is 8.19. The molecule has 10 heteroatoms. The van der Waals surface area contributed by atoms with Crippen molar-refractivity contribution in [3.8, 4) is 17.2 Å². The van der Waals surface area contributed by atoms with Gasteiger partial charge >= 0.3 is 5.97 Å². The summed E-state index contributed by atoms with van der Waals surface area (Å²) < 4.78 is 24.8. The second-order valence-electron chi connectivity index (χ2n) is 8.00. The molecule has 2 heterocycles. The topological polar surface area (TPSA) is 88.4 Å². The average molecular weight is 587 g/mol. The summed E-state index contributed by atoms with van der Waals surface area (Å²) in [5, 5.41) is 0. The lowest BCUT2D eigenvalue weighted by Gasteiger charge is -2.25. The van der Waals surface area contributed by atoms with Crippen molar-refractivity contribution in [2.45, 2.75) is 26.8 Å². The first-order valence-electron chi connectivity index (χ1n) is 11.7. The summed E-state index contributed by atoms with van der Waals surface area (Å²) in [7, 11) is 3.12. The first kappa shape index (κ1) is 26.7. The lowest BCUT2D eigenvalue weighted by Crippen LogP contribution is -2.40. The highest BCUT2D eigenvalue weighted by molar-refractivity contribution is 9.10. The fourth-order valence-electron chi connectivity index (χ4n) is 4.21. The van der Waals surface area contributed by atoms with Crippen molar-refractivity contribution in [3.63, 3.8) is 0 Å². The van der Waals surface area contributed by atoms with E-state index in [9.17, 15) is 9.59 Å².